The van der Waals surface area contributed by atoms with E-state index in [0.717, 1.165) is 24.2 Å². The molecule has 27 heavy (non-hydrogen) atoms. The van der Waals surface area contributed by atoms with E-state index in [1.165, 1.54) is 25.3 Å². The van der Waals surface area contributed by atoms with Crippen LogP contribution in [-0.2, 0) is 20.9 Å². The molecule has 3 rings (SSSR count). The van der Waals surface area contributed by atoms with E-state index < -0.39 is 29.9 Å². The van der Waals surface area contributed by atoms with Crippen molar-refractivity contribution in [1.82, 2.24) is 10.2 Å². The number of nitrogens with one attached hydrogen (secondary N) is 1. The summed E-state index contributed by atoms with van der Waals surface area (Å²) in [5.41, 5.74) is -0.554. The van der Waals surface area contributed by atoms with E-state index in [-0.39, 0.29) is 18.4 Å². The molecule has 8 heteroatoms. The molecule has 1 saturated carbocycles. The van der Waals surface area contributed by atoms with Gasteiger partial charge in [-0.15, -0.1) is 0 Å². The molecule has 2 aliphatic rings. The summed E-state index contributed by atoms with van der Waals surface area (Å²) in [5, 5.41) is 2.78. The molecule has 2 fully saturated rings. The number of rotatable bonds is 5. The highest BCUT2D eigenvalue weighted by atomic mass is 19.1. The van der Waals surface area contributed by atoms with Gasteiger partial charge in [0.25, 0.3) is 5.91 Å². The lowest BCUT2D eigenvalue weighted by Gasteiger charge is -2.36. The van der Waals surface area contributed by atoms with Crippen LogP contribution in [0.25, 0.3) is 0 Å². The molecule has 1 aromatic carbocycles. The number of methoxy groups -OCH3 is 1. The van der Waals surface area contributed by atoms with Crippen molar-refractivity contribution in [2.24, 2.45) is 5.92 Å². The molecule has 1 saturated heterocycles. The monoisotopic (exact) mass is 378 g/mol. The van der Waals surface area contributed by atoms with Crippen LogP contribution in [0.1, 0.15) is 38.2 Å². The molecule has 0 radical (unpaired) electrons. The summed E-state index contributed by atoms with van der Waals surface area (Å²) in [6, 6.07) is 3.30. The van der Waals surface area contributed by atoms with Gasteiger partial charge in [0.1, 0.15) is 30.3 Å². The van der Waals surface area contributed by atoms with Crippen molar-refractivity contribution < 1.29 is 28.2 Å². The molecule has 0 aromatic heterocycles. The quantitative estimate of drug-likeness (QED) is 0.628. The number of ether oxygens (including phenoxy) is 2. The Morgan fingerprint density at radius 3 is 2.85 bits per heavy atom. The van der Waals surface area contributed by atoms with E-state index in [0.29, 0.717) is 17.7 Å². The van der Waals surface area contributed by atoms with Crippen molar-refractivity contribution in [1.29, 1.82) is 0 Å². The maximum Gasteiger partial charge on any atom is 0.326 e. The normalized spacial score (nSPS) is 24.9. The summed E-state index contributed by atoms with van der Waals surface area (Å²) < 4.78 is 23.6. The van der Waals surface area contributed by atoms with Crippen LogP contribution in [0.2, 0.25) is 0 Å². The van der Waals surface area contributed by atoms with Crippen molar-refractivity contribution in [3.63, 3.8) is 0 Å². The van der Waals surface area contributed by atoms with Crippen LogP contribution in [0.4, 0.5) is 9.18 Å². The number of halogens is 1. The Morgan fingerprint density at radius 2 is 2.15 bits per heavy atom. The minimum Gasteiger partial charge on any atom is -0.496 e. The predicted octanol–water partition coefficient (Wildman–Crippen LogP) is 2.38. The molecule has 0 bridgehead atoms. The van der Waals surface area contributed by atoms with Gasteiger partial charge in [0.2, 0.25) is 0 Å². The highest BCUT2D eigenvalue weighted by Crippen LogP contribution is 2.38. The van der Waals surface area contributed by atoms with Gasteiger partial charge in [-0.3, -0.25) is 14.5 Å². The molecular weight excluding hydrogens is 355 g/mol. The maximum absolute atomic E-state index is 13.4. The summed E-state index contributed by atoms with van der Waals surface area (Å²) in [7, 11) is 1.43. The topological polar surface area (TPSA) is 84.9 Å². The minimum absolute atomic E-state index is 0.0141. The predicted molar refractivity (Wildman–Crippen MR) is 93.4 cm³/mol. The first kappa shape index (κ1) is 19.1. The van der Waals surface area contributed by atoms with Gasteiger partial charge >= 0.3 is 12.0 Å². The minimum atomic E-state index is -0.915. The molecule has 1 N–H and O–H groups in total. The van der Waals surface area contributed by atoms with Gasteiger partial charge in [-0.25, -0.2) is 9.18 Å². The number of imide groups is 1. The van der Waals surface area contributed by atoms with Crippen molar-refractivity contribution in [3.05, 3.63) is 29.6 Å². The Bertz CT molecular complexity index is 768. The second kappa shape index (κ2) is 7.54. The highest BCUT2D eigenvalue weighted by Gasteiger charge is 2.55. The molecule has 1 heterocycles. The van der Waals surface area contributed by atoms with E-state index in [1.807, 2.05) is 6.92 Å². The van der Waals surface area contributed by atoms with Gasteiger partial charge in [0.15, 0.2) is 0 Å². The molecule has 3 amide bonds. The van der Waals surface area contributed by atoms with Crippen LogP contribution >= 0.6 is 0 Å². The van der Waals surface area contributed by atoms with E-state index in [9.17, 15) is 18.8 Å². The smallest absolute Gasteiger partial charge is 0.326 e. The first-order valence-corrected chi connectivity index (χ1v) is 8.99. The Kier molecular flexibility index (Phi) is 5.34. The number of carbonyl (C=O) groups excluding carboxylic acids is 3. The van der Waals surface area contributed by atoms with E-state index in [2.05, 4.69) is 5.32 Å². The molecule has 7 nitrogen and oxygen atoms in total. The van der Waals surface area contributed by atoms with Gasteiger partial charge in [-0.1, -0.05) is 19.8 Å². The van der Waals surface area contributed by atoms with Gasteiger partial charge in [0.05, 0.1) is 7.11 Å². The Hall–Kier alpha value is -2.64. The van der Waals surface area contributed by atoms with Crippen LogP contribution in [0, 0.1) is 11.7 Å². The molecule has 2 unspecified atom stereocenters. The summed E-state index contributed by atoms with van der Waals surface area (Å²) >= 11 is 0. The lowest BCUT2D eigenvalue weighted by Crippen LogP contribution is -2.54. The average molecular weight is 378 g/mol. The van der Waals surface area contributed by atoms with Crippen molar-refractivity contribution in [2.75, 3.05) is 13.7 Å². The number of amides is 3. The van der Waals surface area contributed by atoms with Crippen LogP contribution in [0.5, 0.6) is 5.75 Å². The van der Waals surface area contributed by atoms with Crippen molar-refractivity contribution in [2.45, 2.75) is 44.8 Å². The fourth-order valence-corrected chi connectivity index (χ4v) is 3.83. The molecule has 1 spiro atoms. The largest absolute Gasteiger partial charge is 0.496 e. The zero-order chi connectivity index (χ0) is 19.6. The van der Waals surface area contributed by atoms with Gasteiger partial charge in [-0.05, 0) is 37.0 Å². The van der Waals surface area contributed by atoms with Crippen molar-refractivity contribution >= 4 is 17.9 Å². The highest BCUT2D eigenvalue weighted by molar-refractivity contribution is 6.08. The summed E-state index contributed by atoms with van der Waals surface area (Å²) in [6.07, 6.45) is 3.30. The second-order valence-electron chi connectivity index (χ2n) is 7.06. The number of nitrogens with zero attached hydrogens (tertiary/aromatic N) is 1. The molecule has 2 atom stereocenters. The first-order valence-electron chi connectivity index (χ1n) is 8.99. The zero-order valence-corrected chi connectivity index (χ0v) is 15.4. The lowest BCUT2D eigenvalue weighted by molar-refractivity contribution is -0.149. The molecule has 1 aliphatic heterocycles. The number of hydrogen-bond donors (Lipinski definition) is 1. The second-order valence-corrected chi connectivity index (χ2v) is 7.06. The number of urea groups is 1. The number of benzene rings is 1. The van der Waals surface area contributed by atoms with Crippen LogP contribution in [0.3, 0.4) is 0 Å². The molecule has 146 valence electrons. The maximum atomic E-state index is 13.4. The van der Waals surface area contributed by atoms with Gasteiger partial charge in [0, 0.05) is 5.56 Å². The summed E-state index contributed by atoms with van der Waals surface area (Å²) in [6.45, 7) is 1.25. The average Bonchev–Trinajstić information content (AvgIpc) is 2.87. The Balaban J connectivity index is 1.64. The number of carbonyl (C=O) groups is 3. The van der Waals surface area contributed by atoms with E-state index in [4.69, 9.17) is 9.47 Å². The van der Waals surface area contributed by atoms with E-state index >= 15 is 0 Å². The summed E-state index contributed by atoms with van der Waals surface area (Å²) in [5.74, 6) is -1.20. The van der Waals surface area contributed by atoms with Crippen LogP contribution in [0.15, 0.2) is 18.2 Å². The third-order valence-electron chi connectivity index (χ3n) is 5.42. The van der Waals surface area contributed by atoms with E-state index in [1.54, 1.807) is 0 Å². The van der Waals surface area contributed by atoms with Crippen LogP contribution in [-0.4, -0.2) is 42.0 Å². The van der Waals surface area contributed by atoms with Crippen molar-refractivity contribution in [3.8, 4) is 5.75 Å². The first-order chi connectivity index (χ1) is 12.9. The third kappa shape index (κ3) is 3.61. The summed E-state index contributed by atoms with van der Waals surface area (Å²) in [4.78, 5) is 38.2. The lowest BCUT2D eigenvalue weighted by atomic mass is 9.73. The third-order valence-corrected chi connectivity index (χ3v) is 5.42. The molecular formula is C19H23FN2O5. The number of esters is 1. The van der Waals surface area contributed by atoms with Gasteiger partial charge in [-0.2, -0.15) is 0 Å². The number of hydrogen-bond acceptors (Lipinski definition) is 5. The molecule has 1 aliphatic carbocycles. The molecule has 1 aromatic rings. The van der Waals surface area contributed by atoms with Gasteiger partial charge < -0.3 is 14.8 Å². The standard InChI is InChI=1S/C19H23FN2O5/c1-12-5-3-4-8-19(12)17(24)22(18(25)21-19)10-16(23)27-11-13-9-14(20)6-7-15(13)26-2/h6-7,9,12H,3-5,8,10-11H2,1-2H3,(H,21,25). The Labute approximate surface area is 156 Å². The fraction of sp³-hybridized carbons (Fsp3) is 0.526. The SMILES string of the molecule is COc1ccc(F)cc1COC(=O)CN1C(=O)NC2(CCCCC2C)C1=O. The van der Waals surface area contributed by atoms with Crippen LogP contribution < -0.4 is 10.1 Å². The fourth-order valence-electron chi connectivity index (χ4n) is 3.83. The zero-order valence-electron chi connectivity index (χ0n) is 15.4. The Morgan fingerprint density at radius 1 is 1.37 bits per heavy atom.